The monoisotopic (exact) mass is 651 g/mol. The lowest BCUT2D eigenvalue weighted by Crippen LogP contribution is -2.58. The Kier molecular flexibility index (Phi) is 10.5. The number of carboxylic acid groups (broad SMARTS) is 1. The molecule has 0 radical (unpaired) electrons. The van der Waals surface area contributed by atoms with E-state index in [0.717, 1.165) is 21.8 Å². The molecule has 5 rings (SSSR count). The number of hydrogen-bond acceptors (Lipinski definition) is 6. The lowest BCUT2D eigenvalue weighted by Gasteiger charge is -2.25. The fourth-order valence-electron chi connectivity index (χ4n) is 5.64. The van der Waals surface area contributed by atoms with Crippen molar-refractivity contribution >= 4 is 51.4 Å². The predicted molar refractivity (Wildman–Crippen MR) is 179 cm³/mol. The molecule has 3 aromatic carbocycles. The molecule has 0 bridgehead atoms. The minimum atomic E-state index is -1.31. The number of H-pyrrole nitrogens is 2. The number of para-hydroxylation sites is 2. The van der Waals surface area contributed by atoms with Crippen LogP contribution in [-0.2, 0) is 43.2 Å². The molecule has 2 heterocycles. The molecule has 2 aromatic heterocycles. The first-order chi connectivity index (χ1) is 23.1. The highest BCUT2D eigenvalue weighted by Crippen LogP contribution is 2.21. The summed E-state index contributed by atoms with van der Waals surface area (Å²) in [5, 5.41) is 19.7. The zero-order chi connectivity index (χ0) is 34.2. The zero-order valence-electron chi connectivity index (χ0n) is 25.9. The number of aromatic amines is 2. The first kappa shape index (κ1) is 33.4. The molecule has 0 fully saturated rings. The van der Waals surface area contributed by atoms with Gasteiger partial charge in [-0.2, -0.15) is 0 Å². The first-order valence-electron chi connectivity index (χ1n) is 15.4. The Hall–Kier alpha value is -5.95. The topological polar surface area (TPSA) is 225 Å². The van der Waals surface area contributed by atoms with Crippen LogP contribution in [0, 0.1) is 0 Å². The number of nitrogens with two attached hydrogens (primary N) is 2. The maximum absolute atomic E-state index is 13.9. The Balaban J connectivity index is 1.41. The minimum Gasteiger partial charge on any atom is -0.480 e. The molecular weight excluding hydrogens is 614 g/mol. The van der Waals surface area contributed by atoms with Gasteiger partial charge in [-0.1, -0.05) is 66.7 Å². The van der Waals surface area contributed by atoms with Crippen molar-refractivity contribution in [3.8, 4) is 0 Å². The van der Waals surface area contributed by atoms with Crippen molar-refractivity contribution in [2.75, 3.05) is 0 Å². The summed E-state index contributed by atoms with van der Waals surface area (Å²) in [4.78, 5) is 70.7. The molecule has 48 heavy (non-hydrogen) atoms. The van der Waals surface area contributed by atoms with Crippen LogP contribution in [0.3, 0.4) is 0 Å². The molecule has 5 aromatic rings. The van der Waals surface area contributed by atoms with E-state index in [9.17, 15) is 29.1 Å². The highest BCUT2D eigenvalue weighted by molar-refractivity contribution is 5.96. The number of aromatic nitrogens is 2. The molecule has 10 N–H and O–H groups in total. The molecule has 13 nitrogen and oxygen atoms in total. The summed E-state index contributed by atoms with van der Waals surface area (Å²) in [6, 6.07) is 18.7. The van der Waals surface area contributed by atoms with Gasteiger partial charge >= 0.3 is 5.97 Å². The van der Waals surface area contributed by atoms with E-state index in [4.69, 9.17) is 11.5 Å². The Morgan fingerprint density at radius 3 is 1.62 bits per heavy atom. The largest absolute Gasteiger partial charge is 0.480 e. The van der Waals surface area contributed by atoms with Gasteiger partial charge < -0.3 is 42.5 Å². The van der Waals surface area contributed by atoms with Crippen LogP contribution < -0.4 is 27.4 Å². The van der Waals surface area contributed by atoms with E-state index >= 15 is 0 Å². The molecule has 0 aliphatic carbocycles. The highest BCUT2D eigenvalue weighted by Gasteiger charge is 2.32. The van der Waals surface area contributed by atoms with Crippen LogP contribution in [0.4, 0.5) is 0 Å². The maximum Gasteiger partial charge on any atom is 0.326 e. The molecule has 13 heteroatoms. The molecule has 248 valence electrons. The average Bonchev–Trinajstić information content (AvgIpc) is 3.67. The Morgan fingerprint density at radius 2 is 1.08 bits per heavy atom. The molecule has 0 saturated heterocycles. The molecule has 0 spiro atoms. The Morgan fingerprint density at radius 1 is 0.625 bits per heavy atom. The lowest BCUT2D eigenvalue weighted by atomic mass is 10.0. The van der Waals surface area contributed by atoms with E-state index in [2.05, 4.69) is 25.9 Å². The zero-order valence-corrected chi connectivity index (χ0v) is 25.9. The highest BCUT2D eigenvalue weighted by atomic mass is 16.4. The number of benzene rings is 3. The number of carboxylic acids is 1. The van der Waals surface area contributed by atoms with Gasteiger partial charge in [0.1, 0.15) is 18.1 Å². The third-order valence-corrected chi connectivity index (χ3v) is 8.12. The molecule has 4 atom stereocenters. The summed E-state index contributed by atoms with van der Waals surface area (Å²) in [5.74, 6) is -4.23. The summed E-state index contributed by atoms with van der Waals surface area (Å²) in [7, 11) is 0. The molecule has 0 aliphatic heterocycles. The third kappa shape index (κ3) is 8.25. The predicted octanol–water partition coefficient (Wildman–Crippen LogP) is 1.42. The van der Waals surface area contributed by atoms with Gasteiger partial charge in [-0.3, -0.25) is 19.2 Å². The number of carbonyl (C=O) groups excluding carboxylic acids is 4. The van der Waals surface area contributed by atoms with Gasteiger partial charge in [-0.05, 0) is 28.8 Å². The van der Waals surface area contributed by atoms with Gasteiger partial charge in [-0.15, -0.1) is 0 Å². The van der Waals surface area contributed by atoms with Crippen LogP contribution in [0.15, 0.2) is 91.3 Å². The second-order valence-electron chi connectivity index (χ2n) is 11.6. The van der Waals surface area contributed by atoms with Crippen LogP contribution in [0.5, 0.6) is 0 Å². The summed E-state index contributed by atoms with van der Waals surface area (Å²) >= 11 is 0. The Bertz CT molecular complexity index is 1940. The second kappa shape index (κ2) is 15.1. The molecular formula is C35H37N7O6. The number of fused-ring (bicyclic) bond motifs is 2. The van der Waals surface area contributed by atoms with Crippen LogP contribution >= 0.6 is 0 Å². The minimum absolute atomic E-state index is 0.00814. The van der Waals surface area contributed by atoms with E-state index in [0.29, 0.717) is 16.7 Å². The average molecular weight is 652 g/mol. The van der Waals surface area contributed by atoms with E-state index < -0.39 is 60.2 Å². The standard InChI is InChI=1S/C35H37N7O6/c36-25(17-31(37)43)32(44)40-28(14-20-8-2-1-3-9-20)33(45)41-29(15-21-18-38-26-12-6-4-10-23(21)26)34(46)42-30(35(47)48)16-22-19-39-27-13-7-5-11-24(22)27/h1-13,18-19,25,28-30,38-39H,14-17,36H2,(H2,37,43)(H,40,44)(H,41,45)(H,42,46)(H,47,48). The molecule has 0 aliphatic rings. The fourth-order valence-corrected chi connectivity index (χ4v) is 5.64. The number of rotatable bonds is 15. The van der Waals surface area contributed by atoms with Crippen LogP contribution in [0.1, 0.15) is 23.1 Å². The van der Waals surface area contributed by atoms with Gasteiger partial charge in [-0.25, -0.2) is 4.79 Å². The van der Waals surface area contributed by atoms with E-state index in [-0.39, 0.29) is 19.3 Å². The van der Waals surface area contributed by atoms with E-state index in [1.165, 1.54) is 0 Å². The molecule has 0 saturated carbocycles. The number of nitrogens with one attached hydrogen (secondary N) is 5. The van der Waals surface area contributed by atoms with Crippen molar-refractivity contribution in [2.45, 2.75) is 49.9 Å². The summed E-state index contributed by atoms with van der Waals surface area (Å²) in [5.41, 5.74) is 14.8. The first-order valence-corrected chi connectivity index (χ1v) is 15.4. The van der Waals surface area contributed by atoms with Gasteiger partial charge in [0.15, 0.2) is 0 Å². The number of hydrogen-bond donors (Lipinski definition) is 8. The van der Waals surface area contributed by atoms with Crippen molar-refractivity contribution < 1.29 is 29.1 Å². The third-order valence-electron chi connectivity index (χ3n) is 8.12. The normalized spacial score (nSPS) is 13.7. The van der Waals surface area contributed by atoms with E-state index in [1.807, 2.05) is 48.5 Å². The summed E-state index contributed by atoms with van der Waals surface area (Å²) < 4.78 is 0. The van der Waals surface area contributed by atoms with E-state index in [1.54, 1.807) is 42.7 Å². The fraction of sp³-hybridized carbons (Fsp3) is 0.229. The van der Waals surface area contributed by atoms with Gasteiger partial charge in [0, 0.05) is 53.5 Å². The maximum atomic E-state index is 13.9. The van der Waals surface area contributed by atoms with Gasteiger partial charge in [0.2, 0.25) is 23.6 Å². The number of amides is 4. The quantitative estimate of drug-likeness (QED) is 0.0830. The van der Waals surface area contributed by atoms with Crippen molar-refractivity contribution in [1.29, 1.82) is 0 Å². The molecule has 4 unspecified atom stereocenters. The summed E-state index contributed by atoms with van der Waals surface area (Å²) in [6.07, 6.45) is 3.05. The van der Waals surface area contributed by atoms with Crippen molar-refractivity contribution in [3.63, 3.8) is 0 Å². The number of primary amides is 1. The van der Waals surface area contributed by atoms with Crippen molar-refractivity contribution in [2.24, 2.45) is 11.5 Å². The second-order valence-corrected chi connectivity index (χ2v) is 11.6. The summed E-state index contributed by atoms with van der Waals surface area (Å²) in [6.45, 7) is 0. The lowest BCUT2D eigenvalue weighted by molar-refractivity contribution is -0.142. The smallest absolute Gasteiger partial charge is 0.326 e. The van der Waals surface area contributed by atoms with Crippen LogP contribution in [0.2, 0.25) is 0 Å². The van der Waals surface area contributed by atoms with Gasteiger partial charge in [0.25, 0.3) is 0 Å². The van der Waals surface area contributed by atoms with Crippen molar-refractivity contribution in [3.05, 3.63) is 108 Å². The van der Waals surface area contributed by atoms with Crippen LogP contribution in [0.25, 0.3) is 21.8 Å². The SMILES string of the molecule is NC(=O)CC(N)C(=O)NC(Cc1ccccc1)C(=O)NC(Cc1c[nH]c2ccccc12)C(=O)NC(Cc1c[nH]c2ccccc12)C(=O)O. The Labute approximate surface area is 275 Å². The number of aliphatic carboxylic acids is 1. The molecule has 4 amide bonds. The van der Waals surface area contributed by atoms with Crippen molar-refractivity contribution in [1.82, 2.24) is 25.9 Å². The van der Waals surface area contributed by atoms with Gasteiger partial charge in [0.05, 0.1) is 12.5 Å². The van der Waals surface area contributed by atoms with Crippen LogP contribution in [-0.4, -0.2) is 68.8 Å². The number of carbonyl (C=O) groups is 5.